The SMILES string of the molecule is COc1ccc(C(=O)c2cc(F)c(F)c(OC)c2F)cc1OC(=O)CCl. The maximum Gasteiger partial charge on any atom is 0.326 e. The van der Waals surface area contributed by atoms with E-state index < -0.39 is 46.4 Å². The molecule has 2 rings (SSSR count). The monoisotopic (exact) mass is 388 g/mol. The highest BCUT2D eigenvalue weighted by Crippen LogP contribution is 2.32. The summed E-state index contributed by atoms with van der Waals surface area (Å²) >= 11 is 5.36. The van der Waals surface area contributed by atoms with Crippen molar-refractivity contribution in [2.24, 2.45) is 0 Å². The molecule has 0 unspecified atom stereocenters. The molecule has 0 aromatic heterocycles. The standard InChI is InChI=1S/C17H12ClF3O5/c1-24-11-4-3-8(5-12(11)26-13(22)7-18)16(23)9-6-10(19)15(21)17(25-2)14(9)20/h3-6H,7H2,1-2H3. The normalized spacial score (nSPS) is 10.4. The van der Waals surface area contributed by atoms with Crippen LogP contribution in [0.15, 0.2) is 24.3 Å². The number of ether oxygens (including phenoxy) is 3. The zero-order valence-corrected chi connectivity index (χ0v) is 14.3. The number of methoxy groups -OCH3 is 2. The lowest BCUT2D eigenvalue weighted by Crippen LogP contribution is -2.12. The van der Waals surface area contributed by atoms with Gasteiger partial charge in [-0.3, -0.25) is 9.59 Å². The van der Waals surface area contributed by atoms with Crippen LogP contribution < -0.4 is 14.2 Å². The van der Waals surface area contributed by atoms with Crippen molar-refractivity contribution in [3.05, 3.63) is 52.8 Å². The third-order valence-electron chi connectivity index (χ3n) is 3.32. The van der Waals surface area contributed by atoms with Gasteiger partial charge in [-0.25, -0.2) is 8.78 Å². The maximum atomic E-state index is 14.3. The fourth-order valence-corrected chi connectivity index (χ4v) is 2.18. The first-order valence-corrected chi connectivity index (χ1v) is 7.58. The number of ketones is 1. The van der Waals surface area contributed by atoms with Crippen molar-refractivity contribution in [2.45, 2.75) is 0 Å². The van der Waals surface area contributed by atoms with Gasteiger partial charge in [0, 0.05) is 5.56 Å². The highest BCUT2D eigenvalue weighted by Gasteiger charge is 2.25. The van der Waals surface area contributed by atoms with Crippen molar-refractivity contribution in [2.75, 3.05) is 20.1 Å². The van der Waals surface area contributed by atoms with Gasteiger partial charge in [0.1, 0.15) is 5.88 Å². The molecular weight excluding hydrogens is 377 g/mol. The Kier molecular flexibility index (Phi) is 6.10. The van der Waals surface area contributed by atoms with E-state index >= 15 is 0 Å². The predicted molar refractivity (Wildman–Crippen MR) is 85.6 cm³/mol. The Morgan fingerprint density at radius 3 is 2.27 bits per heavy atom. The first-order valence-electron chi connectivity index (χ1n) is 7.04. The molecule has 0 fully saturated rings. The molecule has 138 valence electrons. The number of carbonyl (C=O) groups excluding carboxylic acids is 2. The van der Waals surface area contributed by atoms with E-state index in [-0.39, 0.29) is 17.1 Å². The van der Waals surface area contributed by atoms with Gasteiger partial charge < -0.3 is 14.2 Å². The first-order chi connectivity index (χ1) is 12.3. The summed E-state index contributed by atoms with van der Waals surface area (Å²) in [5.74, 6) is -7.64. The summed E-state index contributed by atoms with van der Waals surface area (Å²) in [7, 11) is 2.24. The number of carbonyl (C=O) groups is 2. The molecule has 0 atom stereocenters. The van der Waals surface area contributed by atoms with Crippen LogP contribution >= 0.6 is 11.6 Å². The molecule has 0 aliphatic rings. The van der Waals surface area contributed by atoms with Crippen molar-refractivity contribution in [1.29, 1.82) is 0 Å². The van der Waals surface area contributed by atoms with Gasteiger partial charge in [0.2, 0.25) is 5.82 Å². The van der Waals surface area contributed by atoms with Gasteiger partial charge in [0.15, 0.2) is 34.7 Å². The van der Waals surface area contributed by atoms with Crippen LogP contribution in [0.2, 0.25) is 0 Å². The summed E-state index contributed by atoms with van der Waals surface area (Å²) in [6.45, 7) is 0. The molecule has 0 amide bonds. The first kappa shape index (κ1) is 19.6. The molecule has 0 radical (unpaired) electrons. The van der Waals surface area contributed by atoms with E-state index in [9.17, 15) is 22.8 Å². The quantitative estimate of drug-likeness (QED) is 0.249. The number of halogens is 4. The van der Waals surface area contributed by atoms with Gasteiger partial charge in [-0.15, -0.1) is 11.6 Å². The van der Waals surface area contributed by atoms with E-state index in [0.717, 1.165) is 13.2 Å². The van der Waals surface area contributed by atoms with Crippen molar-refractivity contribution in [3.8, 4) is 17.2 Å². The molecule has 0 saturated heterocycles. The molecule has 2 aromatic carbocycles. The van der Waals surface area contributed by atoms with Crippen molar-refractivity contribution < 1.29 is 37.0 Å². The van der Waals surface area contributed by atoms with Crippen LogP contribution in [0.1, 0.15) is 15.9 Å². The fourth-order valence-electron chi connectivity index (χ4n) is 2.13. The van der Waals surface area contributed by atoms with Crippen LogP contribution in [0.4, 0.5) is 13.2 Å². The highest BCUT2D eigenvalue weighted by molar-refractivity contribution is 6.26. The number of alkyl halides is 1. The lowest BCUT2D eigenvalue weighted by Gasteiger charge is -2.12. The Balaban J connectivity index is 2.52. The molecule has 2 aromatic rings. The lowest BCUT2D eigenvalue weighted by molar-refractivity contribution is -0.131. The van der Waals surface area contributed by atoms with Gasteiger partial charge in [0.05, 0.1) is 19.8 Å². The van der Waals surface area contributed by atoms with E-state index in [4.69, 9.17) is 21.1 Å². The third kappa shape index (κ3) is 3.75. The van der Waals surface area contributed by atoms with E-state index in [1.54, 1.807) is 0 Å². The zero-order chi connectivity index (χ0) is 19.4. The molecule has 0 bridgehead atoms. The van der Waals surface area contributed by atoms with Crippen LogP contribution in [0.25, 0.3) is 0 Å². The maximum absolute atomic E-state index is 14.3. The fraction of sp³-hybridized carbons (Fsp3) is 0.176. The highest BCUT2D eigenvalue weighted by atomic mass is 35.5. The third-order valence-corrected chi connectivity index (χ3v) is 3.54. The Labute approximate surface area is 151 Å². The number of rotatable bonds is 6. The van der Waals surface area contributed by atoms with Crippen molar-refractivity contribution >= 4 is 23.4 Å². The summed E-state index contributed by atoms with van der Waals surface area (Å²) in [5.41, 5.74) is -0.907. The summed E-state index contributed by atoms with van der Waals surface area (Å²) < 4.78 is 55.8. The Hall–Kier alpha value is -2.74. The molecule has 9 heteroatoms. The van der Waals surface area contributed by atoms with Crippen molar-refractivity contribution in [1.82, 2.24) is 0 Å². The molecular formula is C17H12ClF3O5. The lowest BCUT2D eigenvalue weighted by atomic mass is 10.0. The Morgan fingerprint density at radius 2 is 1.69 bits per heavy atom. The van der Waals surface area contributed by atoms with Gasteiger partial charge in [-0.05, 0) is 24.3 Å². The number of esters is 1. The van der Waals surface area contributed by atoms with E-state index in [0.29, 0.717) is 6.07 Å². The molecule has 0 aliphatic carbocycles. The smallest absolute Gasteiger partial charge is 0.326 e. The van der Waals surface area contributed by atoms with Gasteiger partial charge in [-0.1, -0.05) is 0 Å². The van der Waals surface area contributed by atoms with E-state index in [1.807, 2.05) is 0 Å². The number of benzene rings is 2. The number of hydrogen-bond acceptors (Lipinski definition) is 5. The van der Waals surface area contributed by atoms with Gasteiger partial charge in [-0.2, -0.15) is 4.39 Å². The van der Waals surface area contributed by atoms with Crippen LogP contribution in [0.5, 0.6) is 17.2 Å². The van der Waals surface area contributed by atoms with Crippen LogP contribution in [0, 0.1) is 17.5 Å². The van der Waals surface area contributed by atoms with E-state index in [2.05, 4.69) is 4.74 Å². The van der Waals surface area contributed by atoms with Gasteiger partial charge >= 0.3 is 5.97 Å². The molecule has 0 aliphatic heterocycles. The molecule has 0 spiro atoms. The van der Waals surface area contributed by atoms with E-state index in [1.165, 1.54) is 19.2 Å². The van der Waals surface area contributed by atoms with Crippen LogP contribution in [-0.4, -0.2) is 31.9 Å². The summed E-state index contributed by atoms with van der Waals surface area (Å²) in [6, 6.07) is 4.05. The van der Waals surface area contributed by atoms with Crippen LogP contribution in [-0.2, 0) is 4.79 Å². The van der Waals surface area contributed by atoms with Crippen molar-refractivity contribution in [3.63, 3.8) is 0 Å². The minimum atomic E-state index is -1.55. The topological polar surface area (TPSA) is 61.8 Å². The predicted octanol–water partition coefficient (Wildman–Crippen LogP) is 3.50. The summed E-state index contributed by atoms with van der Waals surface area (Å²) in [5, 5.41) is 0. The average molecular weight is 389 g/mol. The molecule has 0 N–H and O–H groups in total. The minimum Gasteiger partial charge on any atom is -0.493 e. The second-order valence-electron chi connectivity index (χ2n) is 4.87. The average Bonchev–Trinajstić information content (AvgIpc) is 2.64. The zero-order valence-electron chi connectivity index (χ0n) is 13.6. The second kappa shape index (κ2) is 8.09. The van der Waals surface area contributed by atoms with Gasteiger partial charge in [0.25, 0.3) is 0 Å². The largest absolute Gasteiger partial charge is 0.493 e. The summed E-state index contributed by atoms with van der Waals surface area (Å²) in [4.78, 5) is 23.9. The van der Waals surface area contributed by atoms with Crippen LogP contribution in [0.3, 0.4) is 0 Å². The summed E-state index contributed by atoms with van der Waals surface area (Å²) in [6.07, 6.45) is 0. The molecule has 0 heterocycles. The molecule has 0 saturated carbocycles. The Morgan fingerprint density at radius 1 is 1.00 bits per heavy atom. The number of hydrogen-bond donors (Lipinski definition) is 0. The second-order valence-corrected chi connectivity index (χ2v) is 5.14. The Bertz CT molecular complexity index is 870. The molecule has 26 heavy (non-hydrogen) atoms. The minimum absolute atomic E-state index is 0.114. The molecule has 5 nitrogen and oxygen atoms in total.